The van der Waals surface area contributed by atoms with Gasteiger partial charge in [0.25, 0.3) is 0 Å². The Morgan fingerprint density at radius 3 is 2.66 bits per heavy atom. The summed E-state index contributed by atoms with van der Waals surface area (Å²) in [5.41, 5.74) is 2.42. The first-order valence-corrected chi connectivity index (χ1v) is 11.0. The summed E-state index contributed by atoms with van der Waals surface area (Å²) in [6, 6.07) is 8.20. The van der Waals surface area contributed by atoms with Crippen LogP contribution in [0.5, 0.6) is 5.75 Å². The number of aliphatic hydroxyl groups excluding tert-OH is 1. The fraction of sp³-hybridized carbons (Fsp3) is 0.481. The molecule has 0 spiro atoms. The van der Waals surface area contributed by atoms with Crippen molar-refractivity contribution in [3.63, 3.8) is 0 Å². The molecule has 2 unspecified atom stereocenters. The Labute approximate surface area is 178 Å². The molecule has 0 fully saturated rings. The summed E-state index contributed by atoms with van der Waals surface area (Å²) in [5, 5.41) is 9.90. The van der Waals surface area contributed by atoms with Gasteiger partial charge in [0, 0.05) is 0 Å². The van der Waals surface area contributed by atoms with Crippen molar-refractivity contribution in [1.29, 1.82) is 0 Å². The lowest BCUT2D eigenvalue weighted by Crippen LogP contribution is -2.04. The van der Waals surface area contributed by atoms with Crippen LogP contribution in [0.4, 0.5) is 0 Å². The number of benzene rings is 1. The Bertz CT molecular complexity index is 654. The second-order valence-corrected chi connectivity index (χ2v) is 8.03. The number of rotatable bonds is 15. The molecule has 2 heteroatoms. The molecule has 1 aromatic rings. The maximum Gasteiger partial charge on any atom is 0.119 e. The van der Waals surface area contributed by atoms with Gasteiger partial charge in [0.05, 0.1) is 12.7 Å². The summed E-state index contributed by atoms with van der Waals surface area (Å²) < 4.78 is 5.81. The summed E-state index contributed by atoms with van der Waals surface area (Å²) in [6.45, 7) is 11.0. The molecule has 160 valence electrons. The van der Waals surface area contributed by atoms with E-state index in [2.05, 4.69) is 56.9 Å². The number of unbranched alkanes of at least 4 members (excludes halogenated alkanes) is 1. The minimum absolute atomic E-state index is 0.238. The molecule has 0 saturated carbocycles. The van der Waals surface area contributed by atoms with Gasteiger partial charge in [0.2, 0.25) is 0 Å². The lowest BCUT2D eigenvalue weighted by Gasteiger charge is -2.09. The monoisotopic (exact) mass is 396 g/mol. The average Bonchev–Trinajstić information content (AvgIpc) is 2.66. The third-order valence-electron chi connectivity index (χ3n) is 4.73. The molecule has 0 saturated heterocycles. The number of aryl methyl sites for hydroxylation is 1. The van der Waals surface area contributed by atoms with Gasteiger partial charge < -0.3 is 9.84 Å². The van der Waals surface area contributed by atoms with Crippen molar-refractivity contribution in [2.75, 3.05) is 6.61 Å². The highest BCUT2D eigenvalue weighted by Gasteiger charge is 2.01. The van der Waals surface area contributed by atoms with Crippen LogP contribution >= 0.6 is 0 Å². The predicted molar refractivity (Wildman–Crippen MR) is 126 cm³/mol. The number of hydrogen-bond donors (Lipinski definition) is 1. The maximum absolute atomic E-state index is 9.90. The van der Waals surface area contributed by atoms with Crippen LogP contribution in [-0.2, 0) is 0 Å². The van der Waals surface area contributed by atoms with Gasteiger partial charge in [-0.3, -0.25) is 0 Å². The topological polar surface area (TPSA) is 29.5 Å². The molecule has 2 atom stereocenters. The number of allylic oxidation sites excluding steroid dienone is 6. The highest BCUT2D eigenvalue weighted by molar-refractivity contribution is 5.27. The largest absolute Gasteiger partial charge is 0.494 e. The van der Waals surface area contributed by atoms with Gasteiger partial charge in [-0.25, -0.2) is 0 Å². The van der Waals surface area contributed by atoms with Crippen LogP contribution in [0.15, 0.2) is 72.9 Å². The van der Waals surface area contributed by atoms with E-state index in [1.165, 1.54) is 11.1 Å². The van der Waals surface area contributed by atoms with Crippen LogP contribution in [0.1, 0.15) is 64.4 Å². The standard InChI is InChI=1S/C27H40O2/c1-23(2)14-12-18-26(28)17-11-9-7-5-6-8-10-15-24(3)20-21-29-27-19-13-16-25(4)22-27/h5,7,9-11,13,15-16,19,22,24,26,28H,1,6,8,12,14,17-18,20-21H2,2-4H3/b7-5+,11-9+,15-10+. The fourth-order valence-electron chi connectivity index (χ4n) is 2.93. The van der Waals surface area contributed by atoms with E-state index in [1.54, 1.807) is 0 Å². The van der Waals surface area contributed by atoms with E-state index >= 15 is 0 Å². The second-order valence-electron chi connectivity index (χ2n) is 8.03. The third kappa shape index (κ3) is 14.6. The molecule has 0 radical (unpaired) electrons. The van der Waals surface area contributed by atoms with Gasteiger partial charge in [-0.2, -0.15) is 0 Å². The number of ether oxygens (including phenoxy) is 1. The van der Waals surface area contributed by atoms with E-state index in [-0.39, 0.29) is 6.10 Å². The van der Waals surface area contributed by atoms with Crippen LogP contribution < -0.4 is 4.74 Å². The zero-order chi connectivity index (χ0) is 21.3. The van der Waals surface area contributed by atoms with E-state index in [0.717, 1.165) is 57.3 Å². The van der Waals surface area contributed by atoms with Crippen molar-refractivity contribution in [3.05, 3.63) is 78.4 Å². The van der Waals surface area contributed by atoms with E-state index in [9.17, 15) is 5.11 Å². The molecule has 0 aliphatic carbocycles. The molecule has 0 bridgehead atoms. The van der Waals surface area contributed by atoms with Crippen LogP contribution in [0.3, 0.4) is 0 Å². The maximum atomic E-state index is 9.90. The molecule has 1 N–H and O–H groups in total. The van der Waals surface area contributed by atoms with Crippen LogP contribution in [0.25, 0.3) is 0 Å². The van der Waals surface area contributed by atoms with Gasteiger partial charge in [0.15, 0.2) is 0 Å². The SMILES string of the molecule is C=C(C)CCCC(O)C/C=C/C=C/CC/C=C/C(C)CCOc1cccc(C)c1. The zero-order valence-electron chi connectivity index (χ0n) is 18.6. The lowest BCUT2D eigenvalue weighted by atomic mass is 10.1. The minimum Gasteiger partial charge on any atom is -0.494 e. The quantitative estimate of drug-likeness (QED) is 0.191. The van der Waals surface area contributed by atoms with Gasteiger partial charge in [-0.15, -0.1) is 6.58 Å². The number of aliphatic hydroxyl groups is 1. The zero-order valence-corrected chi connectivity index (χ0v) is 18.6. The summed E-state index contributed by atoms with van der Waals surface area (Å²) in [4.78, 5) is 0. The number of hydrogen-bond acceptors (Lipinski definition) is 2. The Hall–Kier alpha value is -2.06. The normalized spacial score (nSPS) is 14.1. The molecule has 0 heterocycles. The predicted octanol–water partition coefficient (Wildman–Crippen LogP) is 7.35. The van der Waals surface area contributed by atoms with Crippen LogP contribution in [-0.4, -0.2) is 17.8 Å². The summed E-state index contributed by atoms with van der Waals surface area (Å²) in [6.07, 6.45) is 19.4. The third-order valence-corrected chi connectivity index (χ3v) is 4.73. The summed E-state index contributed by atoms with van der Waals surface area (Å²) in [7, 11) is 0. The van der Waals surface area contributed by atoms with Gasteiger partial charge in [-0.1, -0.05) is 61.1 Å². The molecular weight excluding hydrogens is 356 g/mol. The van der Waals surface area contributed by atoms with Crippen molar-refractivity contribution in [1.82, 2.24) is 0 Å². The first kappa shape index (κ1) is 25.0. The molecule has 0 amide bonds. The molecular formula is C27H40O2. The second kappa shape index (κ2) is 15.8. The van der Waals surface area contributed by atoms with Crippen molar-refractivity contribution in [3.8, 4) is 5.75 Å². The summed E-state index contributed by atoms with van der Waals surface area (Å²) in [5.74, 6) is 1.48. The molecule has 2 nitrogen and oxygen atoms in total. The van der Waals surface area contributed by atoms with E-state index < -0.39 is 0 Å². The van der Waals surface area contributed by atoms with Gasteiger partial charge in [-0.05, 0) is 82.4 Å². The lowest BCUT2D eigenvalue weighted by molar-refractivity contribution is 0.165. The van der Waals surface area contributed by atoms with Crippen molar-refractivity contribution in [2.24, 2.45) is 5.92 Å². The van der Waals surface area contributed by atoms with Gasteiger partial charge >= 0.3 is 0 Å². The molecule has 0 aromatic heterocycles. The molecule has 0 aliphatic heterocycles. The first-order chi connectivity index (χ1) is 14.0. The average molecular weight is 397 g/mol. The van der Waals surface area contributed by atoms with Gasteiger partial charge in [0.1, 0.15) is 5.75 Å². The highest BCUT2D eigenvalue weighted by atomic mass is 16.5. The van der Waals surface area contributed by atoms with E-state index in [1.807, 2.05) is 31.2 Å². The fourth-order valence-corrected chi connectivity index (χ4v) is 2.93. The van der Waals surface area contributed by atoms with Crippen LogP contribution in [0, 0.1) is 12.8 Å². The van der Waals surface area contributed by atoms with E-state index in [4.69, 9.17) is 4.74 Å². The Morgan fingerprint density at radius 1 is 1.14 bits per heavy atom. The van der Waals surface area contributed by atoms with Crippen molar-refractivity contribution < 1.29 is 9.84 Å². The Morgan fingerprint density at radius 2 is 1.90 bits per heavy atom. The highest BCUT2D eigenvalue weighted by Crippen LogP contribution is 2.14. The molecule has 1 rings (SSSR count). The van der Waals surface area contributed by atoms with E-state index in [0.29, 0.717) is 5.92 Å². The molecule has 1 aromatic carbocycles. The molecule has 29 heavy (non-hydrogen) atoms. The summed E-state index contributed by atoms with van der Waals surface area (Å²) >= 11 is 0. The Balaban J connectivity index is 2.06. The van der Waals surface area contributed by atoms with Crippen molar-refractivity contribution >= 4 is 0 Å². The minimum atomic E-state index is -0.238. The molecule has 0 aliphatic rings. The van der Waals surface area contributed by atoms with Crippen LogP contribution in [0.2, 0.25) is 0 Å². The smallest absolute Gasteiger partial charge is 0.119 e. The Kier molecular flexibility index (Phi) is 13.6. The first-order valence-electron chi connectivity index (χ1n) is 11.0. The van der Waals surface area contributed by atoms with Crippen molar-refractivity contribution in [2.45, 2.75) is 71.8 Å².